The van der Waals surface area contributed by atoms with Crippen LogP contribution >= 0.6 is 0 Å². The highest BCUT2D eigenvalue weighted by Gasteiger charge is 2.45. The van der Waals surface area contributed by atoms with Gasteiger partial charge in [-0.25, -0.2) is 0 Å². The molecule has 0 bridgehead atoms. The number of pyridine rings is 1. The second-order valence-electron chi connectivity index (χ2n) is 11.2. The Kier molecular flexibility index (Phi) is 12.0. The number of nitrogens with one attached hydrogen (secondary N) is 1. The van der Waals surface area contributed by atoms with E-state index in [9.17, 15) is 14.4 Å². The smallest absolute Gasteiger partial charge is 0.309 e. The van der Waals surface area contributed by atoms with E-state index in [1.807, 2.05) is 46.8 Å². The molecule has 208 valence electrons. The van der Waals surface area contributed by atoms with Gasteiger partial charge in [0.15, 0.2) is 0 Å². The van der Waals surface area contributed by atoms with Gasteiger partial charge >= 0.3 is 11.9 Å². The Morgan fingerprint density at radius 1 is 1.14 bits per heavy atom. The Labute approximate surface area is 222 Å². The molecule has 1 fully saturated rings. The molecule has 1 aliphatic rings. The van der Waals surface area contributed by atoms with Crippen LogP contribution in [0.1, 0.15) is 97.2 Å². The van der Waals surface area contributed by atoms with Crippen LogP contribution in [0.15, 0.2) is 18.3 Å². The van der Waals surface area contributed by atoms with Crippen molar-refractivity contribution < 1.29 is 28.6 Å². The molecule has 1 aromatic heterocycles. The van der Waals surface area contributed by atoms with E-state index >= 15 is 0 Å². The zero-order chi connectivity index (χ0) is 27.5. The van der Waals surface area contributed by atoms with Crippen LogP contribution in [0.4, 0.5) is 0 Å². The first kappa shape index (κ1) is 30.7. The Morgan fingerprint density at radius 3 is 2.41 bits per heavy atom. The number of hydrogen-bond donors (Lipinski definition) is 1. The van der Waals surface area contributed by atoms with Gasteiger partial charge in [0.1, 0.15) is 5.60 Å². The molecule has 2 rings (SSSR count). The summed E-state index contributed by atoms with van der Waals surface area (Å²) in [6.07, 6.45) is 7.01. The SMILES string of the molecule is CCCC(CC1(C(=O)NC(COCc2ccc(C)nc2)CC(=O)OCC)CCCC1)C(=O)OC(C)(C)C. The van der Waals surface area contributed by atoms with Gasteiger partial charge < -0.3 is 19.5 Å². The van der Waals surface area contributed by atoms with Crippen molar-refractivity contribution in [3.8, 4) is 0 Å². The van der Waals surface area contributed by atoms with Crippen LogP contribution in [0.5, 0.6) is 0 Å². The molecule has 2 unspecified atom stereocenters. The van der Waals surface area contributed by atoms with Crippen molar-refractivity contribution in [3.63, 3.8) is 0 Å². The Morgan fingerprint density at radius 2 is 1.84 bits per heavy atom. The number of amides is 1. The molecule has 0 saturated heterocycles. The third-order valence-corrected chi connectivity index (χ3v) is 6.67. The van der Waals surface area contributed by atoms with Crippen LogP contribution in [0, 0.1) is 18.3 Å². The molecular weight excluding hydrogens is 472 g/mol. The van der Waals surface area contributed by atoms with Gasteiger partial charge in [0.2, 0.25) is 5.91 Å². The van der Waals surface area contributed by atoms with E-state index in [0.717, 1.165) is 30.5 Å². The molecule has 1 amide bonds. The number of hydrogen-bond acceptors (Lipinski definition) is 7. The van der Waals surface area contributed by atoms with E-state index in [2.05, 4.69) is 10.3 Å². The first-order chi connectivity index (χ1) is 17.5. The summed E-state index contributed by atoms with van der Waals surface area (Å²) in [6, 6.07) is 3.32. The third-order valence-electron chi connectivity index (χ3n) is 6.67. The lowest BCUT2D eigenvalue weighted by Gasteiger charge is -2.34. The van der Waals surface area contributed by atoms with Crippen molar-refractivity contribution in [2.45, 2.75) is 111 Å². The Bertz CT molecular complexity index is 871. The molecule has 0 aliphatic heterocycles. The molecule has 8 heteroatoms. The molecular formula is C29H46N2O6. The highest BCUT2D eigenvalue weighted by molar-refractivity contribution is 5.85. The average molecular weight is 519 g/mol. The molecule has 1 heterocycles. The highest BCUT2D eigenvalue weighted by atomic mass is 16.6. The summed E-state index contributed by atoms with van der Waals surface area (Å²) < 4.78 is 16.7. The monoisotopic (exact) mass is 518 g/mol. The van der Waals surface area contributed by atoms with Crippen LogP contribution in [0.25, 0.3) is 0 Å². The molecule has 8 nitrogen and oxygen atoms in total. The van der Waals surface area contributed by atoms with Crippen LogP contribution in [0.2, 0.25) is 0 Å². The van der Waals surface area contributed by atoms with Crippen LogP contribution in [-0.4, -0.2) is 47.7 Å². The maximum Gasteiger partial charge on any atom is 0.309 e. The summed E-state index contributed by atoms with van der Waals surface area (Å²) >= 11 is 0. The van der Waals surface area contributed by atoms with Gasteiger partial charge in [-0.05, 0) is 71.9 Å². The third kappa shape index (κ3) is 10.4. The predicted octanol–water partition coefficient (Wildman–Crippen LogP) is 5.05. The standard InChI is InChI=1S/C29H46N2O6/c1-7-11-23(26(33)37-28(4,5)6)17-29(14-9-10-15-29)27(34)31-24(16-25(32)36-8-2)20-35-19-22-13-12-21(3)30-18-22/h12-13,18,23-24H,7-11,14-17,19-20H2,1-6H3,(H,31,34). The highest BCUT2D eigenvalue weighted by Crippen LogP contribution is 2.45. The Hall–Kier alpha value is -2.48. The van der Waals surface area contributed by atoms with Crippen LogP contribution in [0.3, 0.4) is 0 Å². The number of nitrogens with zero attached hydrogens (tertiary/aromatic N) is 1. The first-order valence-electron chi connectivity index (χ1n) is 13.7. The number of carbonyl (C=O) groups excluding carboxylic acids is 3. The summed E-state index contributed by atoms with van der Waals surface area (Å²) in [6.45, 7) is 12.1. The molecule has 0 aromatic carbocycles. The first-order valence-corrected chi connectivity index (χ1v) is 13.7. The number of aryl methyl sites for hydroxylation is 1. The lowest BCUT2D eigenvalue weighted by molar-refractivity contribution is -0.162. The molecule has 2 atom stereocenters. The van der Waals surface area contributed by atoms with Gasteiger partial charge in [0.05, 0.1) is 43.6 Å². The minimum atomic E-state index is -0.662. The van der Waals surface area contributed by atoms with Gasteiger partial charge in [-0.2, -0.15) is 0 Å². The van der Waals surface area contributed by atoms with Crippen LogP contribution < -0.4 is 5.32 Å². The average Bonchev–Trinajstić information content (AvgIpc) is 3.29. The van der Waals surface area contributed by atoms with Gasteiger partial charge in [0, 0.05) is 11.9 Å². The van der Waals surface area contributed by atoms with Crippen molar-refractivity contribution in [3.05, 3.63) is 29.6 Å². The second-order valence-corrected chi connectivity index (χ2v) is 11.2. The number of aromatic nitrogens is 1. The molecule has 37 heavy (non-hydrogen) atoms. The van der Waals surface area contributed by atoms with Crippen molar-refractivity contribution in [1.82, 2.24) is 10.3 Å². The van der Waals surface area contributed by atoms with Crippen molar-refractivity contribution >= 4 is 17.8 Å². The van der Waals surface area contributed by atoms with Gasteiger partial charge in [-0.15, -0.1) is 0 Å². The fourth-order valence-electron chi connectivity index (χ4n) is 4.90. The quantitative estimate of drug-likeness (QED) is 0.344. The topological polar surface area (TPSA) is 104 Å². The van der Waals surface area contributed by atoms with Gasteiger partial charge in [-0.1, -0.05) is 32.3 Å². The fraction of sp³-hybridized carbons (Fsp3) is 0.724. The van der Waals surface area contributed by atoms with Gasteiger partial charge in [-0.3, -0.25) is 19.4 Å². The minimum Gasteiger partial charge on any atom is -0.466 e. The normalized spacial score (nSPS) is 16.6. The van der Waals surface area contributed by atoms with E-state index in [1.165, 1.54) is 0 Å². The molecule has 1 N–H and O–H groups in total. The number of ether oxygens (including phenoxy) is 3. The number of carbonyl (C=O) groups is 3. The summed E-state index contributed by atoms with van der Waals surface area (Å²) in [4.78, 5) is 43.3. The molecule has 1 saturated carbocycles. The fourth-order valence-corrected chi connectivity index (χ4v) is 4.90. The summed E-state index contributed by atoms with van der Waals surface area (Å²) in [5.74, 6) is -1.09. The zero-order valence-electron chi connectivity index (χ0n) is 23.6. The maximum atomic E-state index is 13.8. The maximum absolute atomic E-state index is 13.8. The van der Waals surface area contributed by atoms with E-state index in [-0.39, 0.29) is 43.4 Å². The summed E-state index contributed by atoms with van der Waals surface area (Å²) in [5, 5.41) is 3.09. The zero-order valence-corrected chi connectivity index (χ0v) is 23.6. The molecule has 0 radical (unpaired) electrons. The summed E-state index contributed by atoms with van der Waals surface area (Å²) in [5.41, 5.74) is 0.595. The van der Waals surface area contributed by atoms with Gasteiger partial charge in [0.25, 0.3) is 0 Å². The predicted molar refractivity (Wildman–Crippen MR) is 142 cm³/mol. The van der Waals surface area contributed by atoms with Crippen molar-refractivity contribution in [1.29, 1.82) is 0 Å². The van der Waals surface area contributed by atoms with E-state index in [0.29, 0.717) is 32.3 Å². The van der Waals surface area contributed by atoms with E-state index < -0.39 is 17.1 Å². The molecule has 1 aliphatic carbocycles. The minimum absolute atomic E-state index is 0.0201. The van der Waals surface area contributed by atoms with Crippen molar-refractivity contribution in [2.75, 3.05) is 13.2 Å². The lowest BCUT2D eigenvalue weighted by Crippen LogP contribution is -2.48. The van der Waals surface area contributed by atoms with E-state index in [1.54, 1.807) is 13.1 Å². The number of rotatable bonds is 14. The molecule has 1 aromatic rings. The summed E-state index contributed by atoms with van der Waals surface area (Å²) in [7, 11) is 0. The Balaban J connectivity index is 2.13. The largest absolute Gasteiger partial charge is 0.466 e. The van der Waals surface area contributed by atoms with Crippen LogP contribution in [-0.2, 0) is 35.2 Å². The van der Waals surface area contributed by atoms with Crippen molar-refractivity contribution in [2.24, 2.45) is 11.3 Å². The lowest BCUT2D eigenvalue weighted by atomic mass is 9.75. The number of esters is 2. The molecule has 0 spiro atoms. The van der Waals surface area contributed by atoms with E-state index in [4.69, 9.17) is 14.2 Å². The second kappa shape index (κ2) is 14.5.